The Morgan fingerprint density at radius 3 is 1.17 bits per heavy atom. The largest absolute Gasteiger partial charge is 0.394 e. The number of rotatable bonds is 55. The van der Waals surface area contributed by atoms with Gasteiger partial charge in [0.2, 0.25) is 5.91 Å². The van der Waals surface area contributed by atoms with Crippen molar-refractivity contribution in [1.82, 2.24) is 5.32 Å². The number of hydrogen-bond acceptors (Lipinski definition) is 18. The lowest BCUT2D eigenvalue weighted by atomic mass is 9.96. The summed E-state index contributed by atoms with van der Waals surface area (Å²) in [6, 6.07) is -0.888. The standard InChI is InChI=1S/C73H129NO18/c1-3-5-7-9-11-13-15-17-18-19-20-21-22-23-24-25-26-27-28-29-30-31-32-33-34-35-36-37-38-39-41-43-45-47-49-51-61(79)74-56(57(78)50-48-46-44-42-40-16-14-12-10-8-6-4-2)55-87-71-67(85)64(82)69(59(53-76)89-71)92-73-68(86)65(83)70(60(54-77)90-73)91-72-66(84)63(81)62(80)58(52-75)88-72/h5,7,11,13,17-18,20-21,23-24,26-27,56-60,62-73,75-78,80-86H,3-4,6,8-10,12,14-16,19,22,25,28-55H2,1-2H3,(H,74,79)/b7-5-,13-11-,18-17-,21-20-,24-23-,27-26-. The van der Waals surface area contributed by atoms with E-state index in [2.05, 4.69) is 92.1 Å². The van der Waals surface area contributed by atoms with Crippen molar-refractivity contribution in [2.24, 2.45) is 0 Å². The van der Waals surface area contributed by atoms with Crippen molar-refractivity contribution in [3.63, 3.8) is 0 Å². The van der Waals surface area contributed by atoms with E-state index >= 15 is 0 Å². The van der Waals surface area contributed by atoms with Crippen LogP contribution < -0.4 is 5.32 Å². The molecule has 17 atom stereocenters. The van der Waals surface area contributed by atoms with Crippen molar-refractivity contribution in [2.75, 3.05) is 26.4 Å². The van der Waals surface area contributed by atoms with Gasteiger partial charge in [-0.05, 0) is 64.2 Å². The molecule has 19 heteroatoms. The number of carbonyl (C=O) groups is 1. The Balaban J connectivity index is 1.33. The average molecular weight is 1310 g/mol. The Bertz CT molecular complexity index is 1950. The van der Waals surface area contributed by atoms with Crippen LogP contribution in [-0.2, 0) is 33.2 Å². The summed E-state index contributed by atoms with van der Waals surface area (Å²) in [5, 5.41) is 121. The SMILES string of the molecule is CC/C=C\C/C=C\C/C=C\C/C=C\C/C=C\C/C=C\CCCCCCCCCCCCCCCCCCC(=O)NC(COC1OC(CO)C(OC2OC(CO)C(OC3OC(CO)C(O)C(O)C3O)C(O)C2O)C(O)C1O)C(O)CCCCCCCCCCCCCC. The summed E-state index contributed by atoms with van der Waals surface area (Å²) in [6.07, 6.45) is 41.4. The Hall–Kier alpha value is -2.77. The van der Waals surface area contributed by atoms with Crippen LogP contribution in [0.25, 0.3) is 0 Å². The van der Waals surface area contributed by atoms with E-state index in [1.54, 1.807) is 0 Å². The molecule has 12 N–H and O–H groups in total. The minimum absolute atomic E-state index is 0.244. The molecule has 0 aliphatic carbocycles. The van der Waals surface area contributed by atoms with Crippen LogP contribution in [0.15, 0.2) is 72.9 Å². The summed E-state index contributed by atoms with van der Waals surface area (Å²) >= 11 is 0. The average Bonchev–Trinajstić information content (AvgIpc) is 0.830. The minimum Gasteiger partial charge on any atom is -0.394 e. The smallest absolute Gasteiger partial charge is 0.220 e. The number of carbonyl (C=O) groups excluding carboxylic acids is 1. The van der Waals surface area contributed by atoms with E-state index in [9.17, 15) is 61.0 Å². The maximum Gasteiger partial charge on any atom is 0.220 e. The van der Waals surface area contributed by atoms with E-state index in [1.807, 2.05) is 0 Å². The zero-order valence-electron chi connectivity index (χ0n) is 56.5. The van der Waals surface area contributed by atoms with Gasteiger partial charge in [-0.1, -0.05) is 254 Å². The summed E-state index contributed by atoms with van der Waals surface area (Å²) < 4.78 is 34.4. The Morgan fingerprint density at radius 1 is 0.402 bits per heavy atom. The van der Waals surface area contributed by atoms with Gasteiger partial charge in [0.05, 0.1) is 38.6 Å². The highest BCUT2D eigenvalue weighted by atomic mass is 16.8. The van der Waals surface area contributed by atoms with E-state index in [4.69, 9.17) is 28.4 Å². The molecule has 3 saturated heterocycles. The molecule has 3 aliphatic heterocycles. The van der Waals surface area contributed by atoms with Crippen molar-refractivity contribution in [3.8, 4) is 0 Å². The molecule has 3 heterocycles. The lowest BCUT2D eigenvalue weighted by Gasteiger charge is -2.48. The van der Waals surface area contributed by atoms with Crippen molar-refractivity contribution in [3.05, 3.63) is 72.9 Å². The van der Waals surface area contributed by atoms with Crippen LogP contribution >= 0.6 is 0 Å². The van der Waals surface area contributed by atoms with Crippen molar-refractivity contribution in [1.29, 1.82) is 0 Å². The highest BCUT2D eigenvalue weighted by molar-refractivity contribution is 5.76. The number of hydrogen-bond donors (Lipinski definition) is 12. The third kappa shape index (κ3) is 35.5. The van der Waals surface area contributed by atoms with Gasteiger partial charge in [-0.3, -0.25) is 4.79 Å². The molecule has 0 saturated carbocycles. The van der Waals surface area contributed by atoms with E-state index in [0.717, 1.165) is 83.5 Å². The molecular formula is C73H129NO18. The summed E-state index contributed by atoms with van der Waals surface area (Å²) in [5.74, 6) is -0.244. The maximum absolute atomic E-state index is 13.4. The minimum atomic E-state index is -1.97. The van der Waals surface area contributed by atoms with Gasteiger partial charge in [0.1, 0.15) is 73.2 Å². The van der Waals surface area contributed by atoms with Crippen LogP contribution in [0.5, 0.6) is 0 Å². The van der Waals surface area contributed by atoms with Crippen molar-refractivity contribution < 1.29 is 89.4 Å². The first-order chi connectivity index (χ1) is 44.8. The fourth-order valence-electron chi connectivity index (χ4n) is 12.0. The van der Waals surface area contributed by atoms with Crippen LogP contribution in [0, 0.1) is 0 Å². The molecule has 3 aliphatic rings. The lowest BCUT2D eigenvalue weighted by molar-refractivity contribution is -0.379. The third-order valence-corrected chi connectivity index (χ3v) is 17.8. The summed E-state index contributed by atoms with van der Waals surface area (Å²) in [5.41, 5.74) is 0. The molecule has 3 rings (SSSR count). The topological polar surface area (TPSA) is 307 Å². The Kier molecular flexibility index (Phi) is 49.2. The van der Waals surface area contributed by atoms with E-state index in [0.29, 0.717) is 12.8 Å². The van der Waals surface area contributed by atoms with Crippen LogP contribution in [0.4, 0.5) is 0 Å². The number of aliphatic hydroxyl groups excluding tert-OH is 11. The van der Waals surface area contributed by atoms with Gasteiger partial charge in [-0.2, -0.15) is 0 Å². The molecule has 19 nitrogen and oxygen atoms in total. The lowest BCUT2D eigenvalue weighted by Crippen LogP contribution is -2.66. The van der Waals surface area contributed by atoms with Crippen LogP contribution in [-0.4, -0.2) is 193 Å². The molecular weight excluding hydrogens is 1180 g/mol. The molecule has 0 radical (unpaired) electrons. The summed E-state index contributed by atoms with van der Waals surface area (Å²) in [7, 11) is 0. The van der Waals surface area contributed by atoms with Crippen LogP contribution in [0.3, 0.4) is 0 Å². The van der Waals surface area contributed by atoms with Gasteiger partial charge in [-0.15, -0.1) is 0 Å². The number of aliphatic hydroxyl groups is 11. The van der Waals surface area contributed by atoms with Gasteiger partial charge in [0, 0.05) is 6.42 Å². The molecule has 0 bridgehead atoms. The zero-order valence-corrected chi connectivity index (χ0v) is 56.5. The van der Waals surface area contributed by atoms with Crippen molar-refractivity contribution in [2.45, 2.75) is 356 Å². The normalized spacial score (nSPS) is 28.1. The molecule has 534 valence electrons. The first-order valence-corrected chi connectivity index (χ1v) is 36.2. The molecule has 92 heavy (non-hydrogen) atoms. The van der Waals surface area contributed by atoms with Gasteiger partial charge in [0.25, 0.3) is 0 Å². The number of allylic oxidation sites excluding steroid dienone is 12. The third-order valence-electron chi connectivity index (χ3n) is 17.8. The predicted octanol–water partition coefficient (Wildman–Crippen LogP) is 10.1. The molecule has 0 aromatic carbocycles. The molecule has 1 amide bonds. The molecule has 0 aromatic rings. The van der Waals surface area contributed by atoms with Gasteiger partial charge < -0.3 is 89.9 Å². The number of nitrogens with one attached hydrogen (secondary N) is 1. The molecule has 0 aromatic heterocycles. The van der Waals surface area contributed by atoms with E-state index in [1.165, 1.54) is 135 Å². The fourth-order valence-corrected chi connectivity index (χ4v) is 12.0. The molecule has 0 spiro atoms. The first-order valence-electron chi connectivity index (χ1n) is 36.2. The summed E-state index contributed by atoms with van der Waals surface area (Å²) in [6.45, 7) is 1.67. The van der Waals surface area contributed by atoms with Gasteiger partial charge in [-0.25, -0.2) is 0 Å². The molecule has 3 fully saturated rings. The second-order valence-electron chi connectivity index (χ2n) is 25.7. The van der Waals surface area contributed by atoms with Crippen LogP contribution in [0.2, 0.25) is 0 Å². The van der Waals surface area contributed by atoms with Gasteiger partial charge in [0.15, 0.2) is 18.9 Å². The highest BCUT2D eigenvalue weighted by Gasteiger charge is 2.53. The van der Waals surface area contributed by atoms with E-state index in [-0.39, 0.29) is 18.9 Å². The maximum atomic E-state index is 13.4. The van der Waals surface area contributed by atoms with Crippen molar-refractivity contribution >= 4 is 5.91 Å². The quantitative estimate of drug-likeness (QED) is 0.0199. The second-order valence-corrected chi connectivity index (χ2v) is 25.7. The van der Waals surface area contributed by atoms with Crippen LogP contribution in [0.1, 0.15) is 251 Å². The zero-order chi connectivity index (χ0) is 66.8. The molecule has 17 unspecified atom stereocenters. The Morgan fingerprint density at radius 2 is 0.750 bits per heavy atom. The number of ether oxygens (including phenoxy) is 6. The predicted molar refractivity (Wildman–Crippen MR) is 360 cm³/mol. The first kappa shape index (κ1) is 83.5. The number of unbranched alkanes of at least 4 members (excludes halogenated alkanes) is 27. The second kappa shape index (κ2) is 54.3. The highest BCUT2D eigenvalue weighted by Crippen LogP contribution is 2.33. The monoisotopic (exact) mass is 1310 g/mol. The summed E-state index contributed by atoms with van der Waals surface area (Å²) in [4.78, 5) is 13.4. The number of amides is 1. The van der Waals surface area contributed by atoms with Gasteiger partial charge >= 0.3 is 0 Å². The fraction of sp³-hybridized carbons (Fsp3) is 0.822. The Labute approximate surface area is 553 Å². The van der Waals surface area contributed by atoms with E-state index < -0.39 is 124 Å².